The molecule has 150 valence electrons. The Bertz CT molecular complexity index is 813. The second-order valence-corrected chi connectivity index (χ2v) is 9.22. The molecule has 1 aliphatic rings. The zero-order valence-corrected chi connectivity index (χ0v) is 18.0. The van der Waals surface area contributed by atoms with E-state index < -0.39 is 0 Å². The van der Waals surface area contributed by atoms with Gasteiger partial charge < -0.3 is 9.80 Å². The SMILES string of the molecule is CC(C)CN(CC(=O)N1CCc2sccc2[C@@H]1c1ccccc1)C(=O)C(C)C. The van der Waals surface area contributed by atoms with Gasteiger partial charge in [-0.15, -0.1) is 11.3 Å². The topological polar surface area (TPSA) is 40.6 Å². The highest BCUT2D eigenvalue weighted by atomic mass is 32.1. The number of rotatable bonds is 6. The lowest BCUT2D eigenvalue weighted by molar-refractivity contribution is -0.143. The summed E-state index contributed by atoms with van der Waals surface area (Å²) in [5, 5.41) is 2.11. The van der Waals surface area contributed by atoms with Crippen molar-refractivity contribution in [3.8, 4) is 0 Å². The molecule has 2 heterocycles. The van der Waals surface area contributed by atoms with Crippen molar-refractivity contribution in [1.82, 2.24) is 9.80 Å². The van der Waals surface area contributed by atoms with Crippen LogP contribution in [-0.2, 0) is 16.0 Å². The third kappa shape index (κ3) is 4.46. The molecular formula is C23H30N2O2S. The molecule has 0 fully saturated rings. The Morgan fingerprint density at radius 3 is 2.50 bits per heavy atom. The van der Waals surface area contributed by atoms with Gasteiger partial charge in [-0.1, -0.05) is 58.0 Å². The molecule has 1 aromatic heterocycles. The molecule has 0 unspecified atom stereocenters. The second-order valence-electron chi connectivity index (χ2n) is 8.22. The molecule has 4 nitrogen and oxygen atoms in total. The number of hydrogen-bond donors (Lipinski definition) is 0. The lowest BCUT2D eigenvalue weighted by atomic mass is 9.93. The van der Waals surface area contributed by atoms with Gasteiger partial charge in [-0.05, 0) is 34.9 Å². The molecule has 5 heteroatoms. The lowest BCUT2D eigenvalue weighted by Crippen LogP contribution is -2.48. The molecule has 1 aliphatic heterocycles. The predicted octanol–water partition coefficient (Wildman–Crippen LogP) is 4.36. The molecule has 0 aliphatic carbocycles. The molecule has 3 rings (SSSR count). The second kappa shape index (κ2) is 8.91. The molecule has 0 bridgehead atoms. The highest BCUT2D eigenvalue weighted by Gasteiger charge is 2.34. The highest BCUT2D eigenvalue weighted by Crippen LogP contribution is 2.37. The molecule has 1 atom stereocenters. The Morgan fingerprint density at radius 2 is 1.86 bits per heavy atom. The van der Waals surface area contributed by atoms with Crippen LogP contribution in [0.1, 0.15) is 49.7 Å². The predicted molar refractivity (Wildman–Crippen MR) is 114 cm³/mol. The molecule has 28 heavy (non-hydrogen) atoms. The van der Waals surface area contributed by atoms with E-state index in [9.17, 15) is 9.59 Å². The Balaban J connectivity index is 1.87. The maximum atomic E-state index is 13.4. The van der Waals surface area contributed by atoms with Crippen molar-refractivity contribution < 1.29 is 9.59 Å². The van der Waals surface area contributed by atoms with E-state index in [1.807, 2.05) is 36.9 Å². The fourth-order valence-corrected chi connectivity index (χ4v) is 4.78. The summed E-state index contributed by atoms with van der Waals surface area (Å²) in [6.07, 6.45) is 0.879. The summed E-state index contributed by atoms with van der Waals surface area (Å²) in [6.45, 7) is 9.40. The number of thiophene rings is 1. The maximum absolute atomic E-state index is 13.4. The van der Waals surface area contributed by atoms with Gasteiger partial charge in [0, 0.05) is 23.9 Å². The largest absolute Gasteiger partial charge is 0.333 e. The van der Waals surface area contributed by atoms with Crippen LogP contribution in [-0.4, -0.2) is 41.2 Å². The molecular weight excluding hydrogens is 368 g/mol. The smallest absolute Gasteiger partial charge is 0.242 e. The third-order valence-corrected chi connectivity index (χ3v) is 6.12. The number of amides is 2. The minimum Gasteiger partial charge on any atom is -0.333 e. The third-order valence-electron chi connectivity index (χ3n) is 5.12. The van der Waals surface area contributed by atoms with E-state index in [4.69, 9.17) is 0 Å². The zero-order chi connectivity index (χ0) is 20.3. The fourth-order valence-electron chi connectivity index (χ4n) is 3.87. The van der Waals surface area contributed by atoms with Gasteiger partial charge in [0.2, 0.25) is 11.8 Å². The molecule has 0 saturated heterocycles. The number of carbonyl (C=O) groups excluding carboxylic acids is 2. The molecule has 0 spiro atoms. The van der Waals surface area contributed by atoms with Crippen LogP contribution in [0.3, 0.4) is 0 Å². The molecule has 0 radical (unpaired) electrons. The van der Waals surface area contributed by atoms with Crippen LogP contribution in [0.4, 0.5) is 0 Å². The number of nitrogens with zero attached hydrogens (tertiary/aromatic N) is 2. The Kier molecular flexibility index (Phi) is 6.55. The molecule has 1 aromatic carbocycles. The van der Waals surface area contributed by atoms with E-state index in [2.05, 4.69) is 37.4 Å². The number of carbonyl (C=O) groups is 2. The van der Waals surface area contributed by atoms with Gasteiger partial charge in [0.1, 0.15) is 0 Å². The maximum Gasteiger partial charge on any atom is 0.242 e. The standard InChI is InChI=1S/C23H30N2O2S/c1-16(2)14-24(23(27)17(3)4)15-21(26)25-12-10-20-19(11-13-28-20)22(25)18-8-6-5-7-9-18/h5-9,11,13,16-17,22H,10,12,14-15H2,1-4H3/t22-/m0/s1. The minimum absolute atomic E-state index is 0.0281. The van der Waals surface area contributed by atoms with Gasteiger partial charge in [-0.25, -0.2) is 0 Å². The van der Waals surface area contributed by atoms with Crippen molar-refractivity contribution in [3.05, 3.63) is 57.8 Å². The van der Waals surface area contributed by atoms with E-state index in [1.165, 1.54) is 10.4 Å². The molecule has 0 N–H and O–H groups in total. The van der Waals surface area contributed by atoms with Crippen LogP contribution in [0.15, 0.2) is 41.8 Å². The average molecular weight is 399 g/mol. The molecule has 2 amide bonds. The fraction of sp³-hybridized carbons (Fsp3) is 0.478. The summed E-state index contributed by atoms with van der Waals surface area (Å²) in [4.78, 5) is 31.1. The van der Waals surface area contributed by atoms with Gasteiger partial charge in [-0.3, -0.25) is 9.59 Å². The van der Waals surface area contributed by atoms with Gasteiger partial charge in [-0.2, -0.15) is 0 Å². The van der Waals surface area contributed by atoms with Crippen LogP contribution < -0.4 is 0 Å². The average Bonchev–Trinajstić information content (AvgIpc) is 3.15. The normalized spacial score (nSPS) is 16.4. The van der Waals surface area contributed by atoms with Crippen molar-refractivity contribution in [1.29, 1.82) is 0 Å². The molecule has 0 saturated carbocycles. The van der Waals surface area contributed by atoms with Crippen LogP contribution in [0.2, 0.25) is 0 Å². The quantitative estimate of drug-likeness (QED) is 0.725. The lowest BCUT2D eigenvalue weighted by Gasteiger charge is -2.38. The van der Waals surface area contributed by atoms with Gasteiger partial charge in [0.15, 0.2) is 0 Å². The van der Waals surface area contributed by atoms with Gasteiger partial charge in [0.25, 0.3) is 0 Å². The van der Waals surface area contributed by atoms with Crippen LogP contribution in [0.25, 0.3) is 0 Å². The van der Waals surface area contributed by atoms with Gasteiger partial charge >= 0.3 is 0 Å². The zero-order valence-electron chi connectivity index (χ0n) is 17.2. The monoisotopic (exact) mass is 398 g/mol. The summed E-state index contributed by atoms with van der Waals surface area (Å²) < 4.78 is 0. The van der Waals surface area contributed by atoms with E-state index >= 15 is 0 Å². The van der Waals surface area contributed by atoms with E-state index in [0.29, 0.717) is 19.0 Å². The summed E-state index contributed by atoms with van der Waals surface area (Å²) >= 11 is 1.77. The summed E-state index contributed by atoms with van der Waals surface area (Å²) in [5.41, 5.74) is 2.35. The van der Waals surface area contributed by atoms with Crippen LogP contribution in [0, 0.1) is 11.8 Å². The number of fused-ring (bicyclic) bond motifs is 1. The van der Waals surface area contributed by atoms with Crippen molar-refractivity contribution in [2.75, 3.05) is 19.6 Å². The first kappa shape index (κ1) is 20.6. The Morgan fingerprint density at radius 1 is 1.14 bits per heavy atom. The van der Waals surface area contributed by atoms with Crippen molar-refractivity contribution in [2.24, 2.45) is 11.8 Å². The highest BCUT2D eigenvalue weighted by molar-refractivity contribution is 7.10. The summed E-state index contributed by atoms with van der Waals surface area (Å²) in [5.74, 6) is 0.290. The van der Waals surface area contributed by atoms with E-state index in [0.717, 1.165) is 12.0 Å². The van der Waals surface area contributed by atoms with Crippen molar-refractivity contribution in [3.63, 3.8) is 0 Å². The minimum atomic E-state index is -0.110. The van der Waals surface area contributed by atoms with Crippen molar-refractivity contribution in [2.45, 2.75) is 40.2 Å². The van der Waals surface area contributed by atoms with Crippen LogP contribution in [0.5, 0.6) is 0 Å². The Hall–Kier alpha value is -2.14. The summed E-state index contributed by atoms with van der Waals surface area (Å²) in [6, 6.07) is 12.3. The number of hydrogen-bond acceptors (Lipinski definition) is 3. The summed E-state index contributed by atoms with van der Waals surface area (Å²) in [7, 11) is 0. The first-order valence-corrected chi connectivity index (χ1v) is 11.0. The molecule has 2 aromatic rings. The Labute approximate surface area is 172 Å². The first-order chi connectivity index (χ1) is 13.4. The van der Waals surface area contributed by atoms with Gasteiger partial charge in [0.05, 0.1) is 12.6 Å². The van der Waals surface area contributed by atoms with E-state index in [1.54, 1.807) is 16.2 Å². The van der Waals surface area contributed by atoms with Crippen LogP contribution >= 0.6 is 11.3 Å². The number of benzene rings is 1. The van der Waals surface area contributed by atoms with E-state index in [-0.39, 0.29) is 30.3 Å². The first-order valence-electron chi connectivity index (χ1n) is 10.1. The van der Waals surface area contributed by atoms with Crippen molar-refractivity contribution >= 4 is 23.2 Å².